The predicted molar refractivity (Wildman–Crippen MR) is 115 cm³/mol. The zero-order valence-electron chi connectivity index (χ0n) is 18.2. The first-order valence-corrected chi connectivity index (χ1v) is 9.91. The number of H-pyrrole nitrogens is 1. The van der Waals surface area contributed by atoms with Crippen molar-refractivity contribution in [3.8, 4) is 28.8 Å². The molecule has 9 heteroatoms. The zero-order chi connectivity index (χ0) is 23.7. The van der Waals surface area contributed by atoms with E-state index in [0.717, 1.165) is 10.5 Å². The number of hydrogen-bond acceptors (Lipinski definition) is 5. The monoisotopic (exact) mass is 442 g/mol. The lowest BCUT2D eigenvalue weighted by Gasteiger charge is -2.38. The molecular weight excluding hydrogens is 418 g/mol. The molecule has 3 rings (SSSR count). The number of rotatable bonds is 6. The number of phenols is 1. The van der Waals surface area contributed by atoms with Gasteiger partial charge in [-0.25, -0.2) is 13.8 Å². The van der Waals surface area contributed by atoms with Gasteiger partial charge in [0, 0.05) is 5.56 Å². The van der Waals surface area contributed by atoms with Gasteiger partial charge >= 0.3 is 0 Å². The third-order valence-electron chi connectivity index (χ3n) is 5.19. The van der Waals surface area contributed by atoms with Crippen LogP contribution in [0.25, 0.3) is 17.3 Å². The molecule has 2 N–H and O–H groups in total. The van der Waals surface area contributed by atoms with Gasteiger partial charge in [-0.2, -0.15) is 5.26 Å². The second kappa shape index (κ2) is 8.46. The Balaban J connectivity index is 1.94. The number of methoxy groups -OCH3 is 1. The molecule has 0 aliphatic carbocycles. The van der Waals surface area contributed by atoms with Crippen LogP contribution in [0, 0.1) is 16.7 Å². The number of benzene rings is 1. The van der Waals surface area contributed by atoms with E-state index in [2.05, 4.69) is 16.0 Å². The normalized spacial score (nSPS) is 16.0. The average Bonchev–Trinajstić information content (AvgIpc) is 3.19. The van der Waals surface area contributed by atoms with Crippen LogP contribution in [0.15, 0.2) is 36.1 Å². The number of amides is 1. The van der Waals surface area contributed by atoms with Crippen LogP contribution in [0.5, 0.6) is 11.5 Å². The number of aromatic hydroxyl groups is 1. The van der Waals surface area contributed by atoms with Gasteiger partial charge in [0.2, 0.25) is 0 Å². The van der Waals surface area contributed by atoms with Crippen molar-refractivity contribution >= 4 is 12.0 Å². The van der Waals surface area contributed by atoms with Gasteiger partial charge < -0.3 is 19.7 Å². The van der Waals surface area contributed by atoms with Gasteiger partial charge in [-0.15, -0.1) is 0 Å². The molecule has 1 aliphatic rings. The molecule has 32 heavy (non-hydrogen) atoms. The predicted octanol–water partition coefficient (Wildman–Crippen LogP) is 4.39. The molecule has 0 bridgehead atoms. The first-order valence-electron chi connectivity index (χ1n) is 9.91. The number of nitrogens with zero attached hydrogens (tertiary/aromatic N) is 3. The summed E-state index contributed by atoms with van der Waals surface area (Å²) in [6.07, 6.45) is 6.97. The second-order valence-electron chi connectivity index (χ2n) is 8.11. The van der Waals surface area contributed by atoms with Gasteiger partial charge in [-0.3, -0.25) is 4.79 Å². The van der Waals surface area contributed by atoms with Gasteiger partial charge in [0.25, 0.3) is 11.8 Å². The first kappa shape index (κ1) is 23.0. The summed E-state index contributed by atoms with van der Waals surface area (Å²) < 4.78 is 31.5. The topological polar surface area (TPSA) is 102 Å². The number of aromatic nitrogens is 2. The fourth-order valence-corrected chi connectivity index (χ4v) is 3.33. The van der Waals surface area contributed by atoms with Crippen molar-refractivity contribution in [3.05, 3.63) is 47.4 Å². The summed E-state index contributed by atoms with van der Waals surface area (Å²) in [5.74, 6) is -3.46. The molecule has 1 saturated heterocycles. The highest BCUT2D eigenvalue weighted by Gasteiger charge is 2.47. The molecule has 2 heterocycles. The summed E-state index contributed by atoms with van der Waals surface area (Å²) in [4.78, 5) is 20.9. The van der Waals surface area contributed by atoms with Crippen LogP contribution in [0.2, 0.25) is 0 Å². The maximum Gasteiger partial charge on any atom is 0.282 e. The van der Waals surface area contributed by atoms with Crippen molar-refractivity contribution in [2.24, 2.45) is 5.41 Å². The van der Waals surface area contributed by atoms with E-state index in [0.29, 0.717) is 17.1 Å². The minimum atomic E-state index is -2.91. The first-order chi connectivity index (χ1) is 15.0. The van der Waals surface area contributed by atoms with Crippen molar-refractivity contribution in [2.45, 2.75) is 26.7 Å². The Hall–Kier alpha value is -3.67. The summed E-state index contributed by atoms with van der Waals surface area (Å²) in [5.41, 5.74) is 0.892. The van der Waals surface area contributed by atoms with E-state index < -0.39 is 30.3 Å². The van der Waals surface area contributed by atoms with E-state index in [9.17, 15) is 23.9 Å². The number of aromatic amines is 1. The van der Waals surface area contributed by atoms with Crippen molar-refractivity contribution in [1.29, 1.82) is 5.26 Å². The molecule has 1 aromatic heterocycles. The van der Waals surface area contributed by atoms with Gasteiger partial charge in [-0.1, -0.05) is 12.2 Å². The molecule has 1 aromatic carbocycles. The summed E-state index contributed by atoms with van der Waals surface area (Å²) in [6, 6.07) is 5.13. The van der Waals surface area contributed by atoms with Crippen molar-refractivity contribution in [2.75, 3.05) is 20.2 Å². The molecule has 1 amide bonds. The second-order valence-corrected chi connectivity index (χ2v) is 8.11. The number of allylic oxidation sites excluding steroid dienone is 3. The molecule has 0 radical (unpaired) electrons. The smallest absolute Gasteiger partial charge is 0.282 e. The van der Waals surface area contributed by atoms with Crippen molar-refractivity contribution < 1.29 is 23.4 Å². The molecule has 1 aliphatic heterocycles. The lowest BCUT2D eigenvalue weighted by atomic mass is 9.85. The Kier molecular flexibility index (Phi) is 6.08. The Morgan fingerprint density at radius 3 is 2.66 bits per heavy atom. The fraction of sp³-hybridized carbons (Fsp3) is 0.348. The molecule has 0 saturated carbocycles. The van der Waals surface area contributed by atoms with Gasteiger partial charge in [0.15, 0.2) is 0 Å². The average molecular weight is 442 g/mol. The summed E-state index contributed by atoms with van der Waals surface area (Å²) in [6.45, 7) is 4.07. The van der Waals surface area contributed by atoms with Crippen LogP contribution >= 0.6 is 0 Å². The molecule has 2 aromatic rings. The molecule has 0 unspecified atom stereocenters. The standard InChI is InChI=1S/C23H24F2N4O3/c1-5-6-15(22(2,3)11-26)9-19-27-10-16(28-19)14-7-17(30)20(18(8-14)32-4)21(31)29-12-23(24,25)13-29/h5-10,30H,12-13H2,1-4H3,(H,27,28)/b6-5-,15-9+. The maximum absolute atomic E-state index is 13.1. The van der Waals surface area contributed by atoms with Crippen LogP contribution in [-0.4, -0.2) is 52.0 Å². The van der Waals surface area contributed by atoms with Gasteiger partial charge in [-0.05, 0) is 44.6 Å². The van der Waals surface area contributed by atoms with Gasteiger partial charge in [0.1, 0.15) is 22.9 Å². The van der Waals surface area contributed by atoms with Crippen LogP contribution in [0.4, 0.5) is 8.78 Å². The highest BCUT2D eigenvalue weighted by molar-refractivity contribution is 6.01. The molecule has 0 atom stereocenters. The number of nitriles is 1. The number of likely N-dealkylation sites (tertiary alicyclic amines) is 1. The van der Waals surface area contributed by atoms with E-state index in [1.54, 1.807) is 26.1 Å². The van der Waals surface area contributed by atoms with E-state index in [1.807, 2.05) is 19.1 Å². The number of carbonyl (C=O) groups is 1. The van der Waals surface area contributed by atoms with Crippen molar-refractivity contribution in [3.63, 3.8) is 0 Å². The Morgan fingerprint density at radius 1 is 1.41 bits per heavy atom. The van der Waals surface area contributed by atoms with Crippen LogP contribution in [0.1, 0.15) is 37.0 Å². The molecule has 7 nitrogen and oxygen atoms in total. The number of phenolic OH excluding ortho intramolecular Hbond substituents is 1. The van der Waals surface area contributed by atoms with E-state index >= 15 is 0 Å². The number of halogens is 2. The third kappa shape index (κ3) is 4.49. The molecular formula is C23H24F2N4O3. The quantitative estimate of drug-likeness (QED) is 0.646. The Bertz CT molecular complexity index is 1130. The zero-order valence-corrected chi connectivity index (χ0v) is 18.2. The third-order valence-corrected chi connectivity index (χ3v) is 5.19. The number of carbonyl (C=O) groups excluding carboxylic acids is 1. The molecule has 0 spiro atoms. The highest BCUT2D eigenvalue weighted by Crippen LogP contribution is 2.37. The fourth-order valence-electron chi connectivity index (χ4n) is 3.33. The SMILES string of the molecule is C/C=C\C(=C/c1ncc(-c2cc(O)c(C(=O)N3CC(F)(F)C3)c(OC)c2)[nH]1)C(C)(C)C#N. The summed E-state index contributed by atoms with van der Waals surface area (Å²) in [7, 11) is 1.33. The van der Waals surface area contributed by atoms with E-state index in [-0.39, 0.29) is 17.1 Å². The van der Waals surface area contributed by atoms with E-state index in [1.165, 1.54) is 19.2 Å². The number of ether oxygens (including phenoxy) is 1. The lowest BCUT2D eigenvalue weighted by Crippen LogP contribution is -2.58. The minimum Gasteiger partial charge on any atom is -0.507 e. The number of hydrogen-bond donors (Lipinski definition) is 2. The number of imidazole rings is 1. The largest absolute Gasteiger partial charge is 0.507 e. The van der Waals surface area contributed by atoms with Gasteiger partial charge in [0.05, 0.1) is 43.6 Å². The number of nitrogens with one attached hydrogen (secondary N) is 1. The Labute approximate surface area is 184 Å². The lowest BCUT2D eigenvalue weighted by molar-refractivity contribution is -0.113. The Morgan fingerprint density at radius 2 is 2.09 bits per heavy atom. The highest BCUT2D eigenvalue weighted by atomic mass is 19.3. The maximum atomic E-state index is 13.1. The van der Waals surface area contributed by atoms with Crippen LogP contribution in [0.3, 0.4) is 0 Å². The van der Waals surface area contributed by atoms with Crippen molar-refractivity contribution in [1.82, 2.24) is 14.9 Å². The number of alkyl halides is 2. The van der Waals surface area contributed by atoms with Crippen LogP contribution in [-0.2, 0) is 0 Å². The molecule has 1 fully saturated rings. The summed E-state index contributed by atoms with van der Waals surface area (Å²) in [5, 5.41) is 19.9. The van der Waals surface area contributed by atoms with E-state index in [4.69, 9.17) is 4.74 Å². The minimum absolute atomic E-state index is 0.0622. The summed E-state index contributed by atoms with van der Waals surface area (Å²) >= 11 is 0. The molecule has 168 valence electrons. The van der Waals surface area contributed by atoms with Crippen LogP contribution < -0.4 is 4.74 Å².